The molecule has 2 heterocycles. The Morgan fingerprint density at radius 1 is 1.11 bits per heavy atom. The highest BCUT2D eigenvalue weighted by Gasteiger charge is 2.58. The zero-order chi connectivity index (χ0) is 26.7. The van der Waals surface area contributed by atoms with Crippen LogP contribution in [0.1, 0.15) is 32.0 Å². The number of ether oxygens (including phenoxy) is 1. The minimum atomic E-state index is -2.30. The first-order valence-corrected chi connectivity index (χ1v) is 11.3. The molecule has 1 aliphatic heterocycles. The smallest absolute Gasteiger partial charge is 0.229 e. The van der Waals surface area contributed by atoms with Gasteiger partial charge in [0.25, 0.3) is 0 Å². The highest BCUT2D eigenvalue weighted by Crippen LogP contribution is 2.46. The van der Waals surface area contributed by atoms with Crippen LogP contribution in [0, 0.1) is 16.6 Å². The number of benzene rings is 2. The molecule has 1 saturated heterocycles. The lowest BCUT2D eigenvalue weighted by molar-refractivity contribution is -0.146. The van der Waals surface area contributed by atoms with Gasteiger partial charge in [-0.05, 0) is 42.5 Å². The first kappa shape index (κ1) is 26.2. The maximum atomic E-state index is 13.8. The van der Waals surface area contributed by atoms with Crippen molar-refractivity contribution in [2.75, 3.05) is 18.5 Å². The predicted molar refractivity (Wildman–Crippen MR) is 139 cm³/mol. The fourth-order valence-electron chi connectivity index (χ4n) is 4.38. The SMILES string of the molecule is [B]C1(O)COCC([B])(O)C1([B])c1cc2cc(NC(=O)C(C)(C)C)c(C=N)cc2n1-c1ccc(F)cc1. The molecule has 2 aromatic carbocycles. The fourth-order valence-corrected chi connectivity index (χ4v) is 4.38. The third-order valence-electron chi connectivity index (χ3n) is 6.56. The molecule has 4 rings (SSSR count). The van der Waals surface area contributed by atoms with Gasteiger partial charge in [0.15, 0.2) is 0 Å². The number of aromatic nitrogens is 1. The number of halogens is 1. The Kier molecular flexibility index (Phi) is 6.26. The average molecular weight is 483 g/mol. The lowest BCUT2D eigenvalue weighted by atomic mass is 9.38. The molecule has 7 nitrogen and oxygen atoms in total. The van der Waals surface area contributed by atoms with E-state index in [4.69, 9.17) is 33.7 Å². The number of nitrogens with zero attached hydrogens (tertiary/aromatic N) is 1. The second kappa shape index (κ2) is 8.61. The molecular weight excluding hydrogens is 458 g/mol. The molecule has 1 fully saturated rings. The normalized spacial score (nSPS) is 26.6. The lowest BCUT2D eigenvalue weighted by Gasteiger charge is -2.56. The highest BCUT2D eigenvalue weighted by atomic mass is 19.1. The number of fused-ring (bicyclic) bond motifs is 1. The molecule has 1 amide bonds. The van der Waals surface area contributed by atoms with Crippen LogP contribution in [0.3, 0.4) is 0 Å². The number of nitrogens with one attached hydrogen (secondary N) is 2. The van der Waals surface area contributed by atoms with E-state index in [0.29, 0.717) is 27.8 Å². The van der Waals surface area contributed by atoms with Crippen molar-refractivity contribution in [1.29, 1.82) is 5.41 Å². The van der Waals surface area contributed by atoms with E-state index in [0.717, 1.165) is 6.21 Å². The summed E-state index contributed by atoms with van der Waals surface area (Å²) >= 11 is 0. The van der Waals surface area contributed by atoms with E-state index in [1.807, 2.05) is 0 Å². The Morgan fingerprint density at radius 3 is 2.22 bits per heavy atom. The number of hydrogen-bond donors (Lipinski definition) is 4. The number of aliphatic hydroxyl groups is 2. The van der Waals surface area contributed by atoms with E-state index >= 15 is 0 Å². The summed E-state index contributed by atoms with van der Waals surface area (Å²) in [6.45, 7) is 4.48. The van der Waals surface area contributed by atoms with Crippen molar-refractivity contribution in [3.8, 4) is 5.69 Å². The van der Waals surface area contributed by atoms with E-state index in [2.05, 4.69) is 5.32 Å². The van der Waals surface area contributed by atoms with Gasteiger partial charge in [-0.3, -0.25) is 4.79 Å². The standard InChI is InChI=1S/C25H25B3FN3O4/c1-22(2,3)21(33)31-18-8-14-10-20(25(28)23(26,34)12-36-13-24(25,27)35)32(19(14)9-15(18)11-30)17-6-4-16(29)5-7-17/h4-11,30,34-35H,12-13H2,1-3H3,(H,31,33). The summed E-state index contributed by atoms with van der Waals surface area (Å²) in [6, 6.07) is 10.3. The summed E-state index contributed by atoms with van der Waals surface area (Å²) in [7, 11) is 19.0. The first-order chi connectivity index (χ1) is 16.6. The Balaban J connectivity index is 2.05. The molecule has 1 aliphatic rings. The van der Waals surface area contributed by atoms with Crippen LogP contribution in [-0.2, 0) is 14.8 Å². The van der Waals surface area contributed by atoms with Gasteiger partial charge in [0, 0.05) is 39.3 Å². The molecule has 0 saturated carbocycles. The van der Waals surface area contributed by atoms with Gasteiger partial charge in [0.1, 0.15) is 21.5 Å². The van der Waals surface area contributed by atoms with Gasteiger partial charge in [-0.15, -0.1) is 0 Å². The molecule has 4 N–H and O–H groups in total. The minimum absolute atomic E-state index is 0.123. The Bertz CT molecular complexity index is 1330. The van der Waals surface area contributed by atoms with E-state index in [-0.39, 0.29) is 11.6 Å². The van der Waals surface area contributed by atoms with Crippen LogP contribution >= 0.6 is 0 Å². The maximum absolute atomic E-state index is 13.8. The molecule has 1 aromatic heterocycles. The van der Waals surface area contributed by atoms with Crippen molar-refractivity contribution in [3.05, 3.63) is 59.5 Å². The monoisotopic (exact) mass is 483 g/mol. The zero-order valence-electron chi connectivity index (χ0n) is 20.3. The molecule has 36 heavy (non-hydrogen) atoms. The van der Waals surface area contributed by atoms with Gasteiger partial charge in [0.2, 0.25) is 5.91 Å². The van der Waals surface area contributed by atoms with Crippen LogP contribution in [0.25, 0.3) is 16.6 Å². The quantitative estimate of drug-likeness (QED) is 0.336. The van der Waals surface area contributed by atoms with E-state index in [1.165, 1.54) is 24.3 Å². The van der Waals surface area contributed by atoms with Gasteiger partial charge >= 0.3 is 0 Å². The fraction of sp³-hybridized carbons (Fsp3) is 0.360. The van der Waals surface area contributed by atoms with Gasteiger partial charge in [0.05, 0.1) is 43.3 Å². The third kappa shape index (κ3) is 4.09. The van der Waals surface area contributed by atoms with E-state index in [1.54, 1.807) is 43.5 Å². The summed E-state index contributed by atoms with van der Waals surface area (Å²) < 4.78 is 20.6. The van der Waals surface area contributed by atoms with Crippen molar-refractivity contribution >= 4 is 52.3 Å². The lowest BCUT2D eigenvalue weighted by Crippen LogP contribution is -2.73. The summed E-state index contributed by atoms with van der Waals surface area (Å²) in [5.41, 5.74) is -3.46. The topological polar surface area (TPSA) is 108 Å². The molecule has 2 unspecified atom stereocenters. The first-order valence-electron chi connectivity index (χ1n) is 11.3. The number of amides is 1. The van der Waals surface area contributed by atoms with Crippen LogP contribution < -0.4 is 5.32 Å². The predicted octanol–water partition coefficient (Wildman–Crippen LogP) is 1.86. The van der Waals surface area contributed by atoms with E-state index in [9.17, 15) is 19.4 Å². The highest BCUT2D eigenvalue weighted by molar-refractivity contribution is 6.32. The van der Waals surface area contributed by atoms with Gasteiger partial charge in [-0.2, -0.15) is 0 Å². The van der Waals surface area contributed by atoms with Gasteiger partial charge < -0.3 is 30.2 Å². The largest absolute Gasteiger partial charge is 0.397 e. The molecule has 0 bridgehead atoms. The van der Waals surface area contributed by atoms with Crippen LogP contribution in [0.4, 0.5) is 10.1 Å². The average Bonchev–Trinajstić information content (AvgIpc) is 3.15. The minimum Gasteiger partial charge on any atom is -0.397 e. The Morgan fingerprint density at radius 2 is 1.69 bits per heavy atom. The molecular formula is C25H25B3FN3O4. The summed E-state index contributed by atoms with van der Waals surface area (Å²) in [5.74, 6) is -0.723. The molecule has 180 valence electrons. The van der Waals surface area contributed by atoms with Crippen molar-refractivity contribution < 1.29 is 24.1 Å². The van der Waals surface area contributed by atoms with Gasteiger partial charge in [-0.1, -0.05) is 20.8 Å². The Hall–Kier alpha value is -2.88. The maximum Gasteiger partial charge on any atom is 0.229 e. The summed E-state index contributed by atoms with van der Waals surface area (Å²) in [6.07, 6.45) is 1.09. The second-order valence-corrected chi connectivity index (χ2v) is 10.3. The second-order valence-electron chi connectivity index (χ2n) is 10.3. The molecule has 0 spiro atoms. The number of hydrogen-bond acceptors (Lipinski definition) is 5. The van der Waals surface area contributed by atoms with Crippen LogP contribution in [0.2, 0.25) is 0 Å². The third-order valence-corrected chi connectivity index (χ3v) is 6.56. The number of anilines is 1. The molecule has 0 aliphatic carbocycles. The van der Waals surface area contributed by atoms with Crippen molar-refractivity contribution in [2.24, 2.45) is 5.41 Å². The molecule has 6 radical (unpaired) electrons. The number of rotatable bonds is 4. The van der Waals surface area contributed by atoms with Crippen LogP contribution in [0.5, 0.6) is 0 Å². The van der Waals surface area contributed by atoms with Crippen LogP contribution in [-0.4, -0.2) is 74.7 Å². The van der Waals surface area contributed by atoms with Gasteiger partial charge in [-0.25, -0.2) is 4.39 Å². The number of carbonyl (C=O) groups is 1. The van der Waals surface area contributed by atoms with Crippen molar-refractivity contribution in [3.63, 3.8) is 0 Å². The van der Waals surface area contributed by atoms with E-state index < -0.39 is 40.8 Å². The van der Waals surface area contributed by atoms with Crippen molar-refractivity contribution in [2.45, 2.75) is 37.1 Å². The zero-order valence-corrected chi connectivity index (χ0v) is 20.3. The summed E-state index contributed by atoms with van der Waals surface area (Å²) in [4.78, 5) is 12.7. The summed E-state index contributed by atoms with van der Waals surface area (Å²) in [5, 5.41) is 31.4. The van der Waals surface area contributed by atoms with Crippen LogP contribution in [0.15, 0.2) is 42.5 Å². The molecule has 2 atom stereocenters. The molecule has 3 aromatic rings. The van der Waals surface area contributed by atoms with Crippen molar-refractivity contribution in [1.82, 2.24) is 4.57 Å². The molecule has 11 heteroatoms. The Labute approximate surface area is 212 Å². The number of carbonyl (C=O) groups excluding carboxylic acids is 1.